The van der Waals surface area contributed by atoms with Crippen molar-refractivity contribution in [3.05, 3.63) is 23.8 Å². The van der Waals surface area contributed by atoms with Crippen LogP contribution < -0.4 is 4.74 Å². The molecular weight excluding hydrogens is 378 g/mol. The Morgan fingerprint density at radius 3 is 2.36 bits per heavy atom. The fourth-order valence-corrected chi connectivity index (χ4v) is 5.75. The third-order valence-corrected chi connectivity index (χ3v) is 7.89. The van der Waals surface area contributed by atoms with Gasteiger partial charge in [0, 0.05) is 45.7 Å². The van der Waals surface area contributed by atoms with Crippen LogP contribution in [-0.4, -0.2) is 80.9 Å². The highest BCUT2D eigenvalue weighted by molar-refractivity contribution is 7.89. The largest absolute Gasteiger partial charge is 0.480 e. The number of fused-ring (bicyclic) bond motifs is 1. The van der Waals surface area contributed by atoms with Crippen LogP contribution in [0.1, 0.15) is 31.2 Å². The van der Waals surface area contributed by atoms with Crippen molar-refractivity contribution < 1.29 is 17.9 Å². The van der Waals surface area contributed by atoms with E-state index in [9.17, 15) is 13.2 Å². The van der Waals surface area contributed by atoms with Gasteiger partial charge in [0.25, 0.3) is 5.91 Å². The van der Waals surface area contributed by atoms with Crippen molar-refractivity contribution in [2.45, 2.75) is 43.1 Å². The molecule has 0 radical (unpaired) electrons. The SMILES string of the molecule is CN1CCN(C(=O)C2Cc3cc(S(=O)(=O)N4CCCCCC4)ccc3O2)CC1. The number of amides is 1. The molecule has 7 nitrogen and oxygen atoms in total. The summed E-state index contributed by atoms with van der Waals surface area (Å²) in [5.41, 5.74) is 0.809. The van der Waals surface area contributed by atoms with E-state index in [1.807, 2.05) is 4.90 Å². The third kappa shape index (κ3) is 3.90. The molecule has 3 aliphatic rings. The molecule has 1 amide bonds. The van der Waals surface area contributed by atoms with Crippen molar-refractivity contribution in [3.8, 4) is 5.75 Å². The quantitative estimate of drug-likeness (QED) is 0.756. The van der Waals surface area contributed by atoms with E-state index < -0.39 is 16.1 Å². The number of rotatable bonds is 3. The van der Waals surface area contributed by atoms with Crippen molar-refractivity contribution in [1.29, 1.82) is 0 Å². The Bertz CT molecular complexity index is 826. The van der Waals surface area contributed by atoms with Gasteiger partial charge in [0.1, 0.15) is 5.75 Å². The van der Waals surface area contributed by atoms with Crippen molar-refractivity contribution >= 4 is 15.9 Å². The Labute approximate surface area is 167 Å². The summed E-state index contributed by atoms with van der Waals surface area (Å²) in [6, 6.07) is 5.02. The predicted molar refractivity (Wildman–Crippen MR) is 106 cm³/mol. The maximum Gasteiger partial charge on any atom is 0.264 e. The monoisotopic (exact) mass is 407 g/mol. The lowest BCUT2D eigenvalue weighted by Crippen LogP contribution is -2.51. The van der Waals surface area contributed by atoms with E-state index in [4.69, 9.17) is 4.74 Å². The lowest BCUT2D eigenvalue weighted by molar-refractivity contribution is -0.139. The lowest BCUT2D eigenvalue weighted by Gasteiger charge is -2.33. The topological polar surface area (TPSA) is 70.2 Å². The van der Waals surface area contributed by atoms with E-state index in [-0.39, 0.29) is 5.91 Å². The number of hydrogen-bond donors (Lipinski definition) is 0. The fraction of sp³-hybridized carbons (Fsp3) is 0.650. The molecular formula is C20H29N3O4S. The molecule has 0 saturated carbocycles. The summed E-state index contributed by atoms with van der Waals surface area (Å²) in [6.07, 6.45) is 3.88. The van der Waals surface area contributed by atoms with E-state index in [2.05, 4.69) is 11.9 Å². The summed E-state index contributed by atoms with van der Waals surface area (Å²) < 4.78 is 33.5. The van der Waals surface area contributed by atoms with Crippen LogP contribution in [0.5, 0.6) is 5.75 Å². The number of nitrogens with zero attached hydrogens (tertiary/aromatic N) is 3. The van der Waals surface area contributed by atoms with E-state index in [1.165, 1.54) is 0 Å². The highest BCUT2D eigenvalue weighted by Gasteiger charge is 2.35. The van der Waals surface area contributed by atoms with Crippen LogP contribution in [0, 0.1) is 0 Å². The van der Waals surface area contributed by atoms with E-state index >= 15 is 0 Å². The minimum absolute atomic E-state index is 0.00113. The molecule has 0 spiro atoms. The molecule has 8 heteroatoms. The van der Waals surface area contributed by atoms with Crippen LogP contribution in [0.4, 0.5) is 0 Å². The highest BCUT2D eigenvalue weighted by atomic mass is 32.2. The summed E-state index contributed by atoms with van der Waals surface area (Å²) in [6.45, 7) is 4.31. The molecule has 0 bridgehead atoms. The highest BCUT2D eigenvalue weighted by Crippen LogP contribution is 2.33. The van der Waals surface area contributed by atoms with Gasteiger partial charge < -0.3 is 14.5 Å². The Kier molecular flexibility index (Phi) is 5.62. The molecule has 0 N–H and O–H groups in total. The molecule has 1 aromatic rings. The van der Waals surface area contributed by atoms with Gasteiger partial charge >= 0.3 is 0 Å². The summed E-state index contributed by atoms with van der Waals surface area (Å²) in [5, 5.41) is 0. The molecule has 1 aromatic carbocycles. The van der Waals surface area contributed by atoms with Gasteiger partial charge in [-0.15, -0.1) is 0 Å². The van der Waals surface area contributed by atoms with Gasteiger partial charge in [0.2, 0.25) is 10.0 Å². The number of benzene rings is 1. The molecule has 2 saturated heterocycles. The Hall–Kier alpha value is -1.64. The number of carbonyl (C=O) groups excluding carboxylic acids is 1. The first-order chi connectivity index (χ1) is 13.4. The molecule has 3 heterocycles. The smallest absolute Gasteiger partial charge is 0.264 e. The molecule has 1 atom stereocenters. The van der Waals surface area contributed by atoms with E-state index in [1.54, 1.807) is 22.5 Å². The number of ether oxygens (including phenoxy) is 1. The Balaban J connectivity index is 1.47. The number of sulfonamides is 1. The minimum atomic E-state index is -3.49. The predicted octanol–water partition coefficient (Wildman–Crippen LogP) is 1.33. The summed E-state index contributed by atoms with van der Waals surface area (Å²) in [4.78, 5) is 17.2. The summed E-state index contributed by atoms with van der Waals surface area (Å²) in [7, 11) is -1.44. The van der Waals surface area contributed by atoms with Gasteiger partial charge in [0.15, 0.2) is 6.10 Å². The second-order valence-electron chi connectivity index (χ2n) is 8.03. The summed E-state index contributed by atoms with van der Waals surface area (Å²) >= 11 is 0. The molecule has 154 valence electrons. The minimum Gasteiger partial charge on any atom is -0.480 e. The van der Waals surface area contributed by atoms with Crippen LogP contribution in [0.15, 0.2) is 23.1 Å². The van der Waals surface area contributed by atoms with Crippen molar-refractivity contribution in [3.63, 3.8) is 0 Å². The Morgan fingerprint density at radius 2 is 1.68 bits per heavy atom. The molecule has 2 fully saturated rings. The first-order valence-corrected chi connectivity index (χ1v) is 11.7. The third-order valence-electron chi connectivity index (χ3n) is 6.00. The van der Waals surface area contributed by atoms with Gasteiger partial charge in [-0.2, -0.15) is 4.31 Å². The molecule has 4 rings (SSSR count). The second kappa shape index (κ2) is 8.00. The number of likely N-dealkylation sites (N-methyl/N-ethyl adjacent to an activating group) is 1. The van der Waals surface area contributed by atoms with Gasteiger partial charge in [0.05, 0.1) is 4.90 Å². The van der Waals surface area contributed by atoms with Gasteiger partial charge in [-0.3, -0.25) is 4.79 Å². The van der Waals surface area contributed by atoms with E-state index in [0.717, 1.165) is 44.3 Å². The maximum atomic E-state index is 13.0. The standard InChI is InChI=1S/C20H29N3O4S/c1-21-10-12-22(13-11-21)20(24)19-15-16-14-17(6-7-18(16)27-19)28(25,26)23-8-4-2-3-5-9-23/h6-7,14,19H,2-5,8-13,15H2,1H3. The van der Waals surface area contributed by atoms with Crippen LogP contribution in [0.25, 0.3) is 0 Å². The second-order valence-corrected chi connectivity index (χ2v) is 9.96. The summed E-state index contributed by atoms with van der Waals surface area (Å²) in [5.74, 6) is 0.628. The van der Waals surface area contributed by atoms with Crippen molar-refractivity contribution in [1.82, 2.24) is 14.1 Å². The van der Waals surface area contributed by atoms with Crippen LogP contribution in [0.3, 0.4) is 0 Å². The zero-order valence-electron chi connectivity index (χ0n) is 16.5. The lowest BCUT2D eigenvalue weighted by atomic mass is 10.1. The molecule has 0 aromatic heterocycles. The molecule has 0 aliphatic carbocycles. The molecule has 1 unspecified atom stereocenters. The number of piperazine rings is 1. The van der Waals surface area contributed by atoms with Crippen LogP contribution >= 0.6 is 0 Å². The van der Waals surface area contributed by atoms with Gasteiger partial charge in [-0.25, -0.2) is 8.42 Å². The fourth-order valence-electron chi connectivity index (χ4n) is 4.18. The van der Waals surface area contributed by atoms with Gasteiger partial charge in [-0.1, -0.05) is 12.8 Å². The zero-order valence-corrected chi connectivity index (χ0v) is 17.3. The van der Waals surface area contributed by atoms with Crippen molar-refractivity contribution in [2.24, 2.45) is 0 Å². The van der Waals surface area contributed by atoms with E-state index in [0.29, 0.717) is 43.2 Å². The normalized spacial score (nSPS) is 24.5. The van der Waals surface area contributed by atoms with Crippen LogP contribution in [-0.2, 0) is 21.2 Å². The first kappa shape index (κ1) is 19.7. The average Bonchev–Trinajstić information content (AvgIpc) is 2.91. The Morgan fingerprint density at radius 1 is 1.00 bits per heavy atom. The first-order valence-electron chi connectivity index (χ1n) is 10.2. The molecule has 3 aliphatic heterocycles. The maximum absolute atomic E-state index is 13.0. The van der Waals surface area contributed by atoms with Gasteiger partial charge in [-0.05, 0) is 43.7 Å². The number of carbonyl (C=O) groups is 1. The zero-order chi connectivity index (χ0) is 19.7. The van der Waals surface area contributed by atoms with Crippen LogP contribution in [0.2, 0.25) is 0 Å². The molecule has 28 heavy (non-hydrogen) atoms. The number of hydrogen-bond acceptors (Lipinski definition) is 5. The van der Waals surface area contributed by atoms with Crippen molar-refractivity contribution in [2.75, 3.05) is 46.3 Å². The average molecular weight is 408 g/mol.